The number of anilines is 1. The van der Waals surface area contributed by atoms with Gasteiger partial charge in [-0.3, -0.25) is 4.98 Å². The zero-order chi connectivity index (χ0) is 12.8. The maximum Gasteiger partial charge on any atom is 0.183 e. The van der Waals surface area contributed by atoms with Gasteiger partial charge in [-0.25, -0.2) is 19.5 Å². The summed E-state index contributed by atoms with van der Waals surface area (Å²) in [7, 11) is 0. The molecule has 0 aliphatic rings. The number of H-pyrrole nitrogens is 1. The van der Waals surface area contributed by atoms with E-state index in [2.05, 4.69) is 30.0 Å². The van der Waals surface area contributed by atoms with Gasteiger partial charge in [0.05, 0.1) is 23.5 Å². The van der Waals surface area contributed by atoms with E-state index in [9.17, 15) is 0 Å². The summed E-state index contributed by atoms with van der Waals surface area (Å²) in [6.45, 7) is 0. The van der Waals surface area contributed by atoms with E-state index in [4.69, 9.17) is 5.73 Å². The molecule has 19 heavy (non-hydrogen) atoms. The SMILES string of the molecule is Nc1ncnc2nc(-c3cnn4ccncc34)[nH]c12. The van der Waals surface area contributed by atoms with Crippen molar-refractivity contribution in [1.29, 1.82) is 0 Å². The van der Waals surface area contributed by atoms with Crippen molar-refractivity contribution in [3.05, 3.63) is 31.1 Å². The molecule has 4 heterocycles. The second-order valence-electron chi connectivity index (χ2n) is 4.01. The third-order valence-electron chi connectivity index (χ3n) is 2.90. The molecule has 4 rings (SSSR count). The molecule has 0 atom stereocenters. The van der Waals surface area contributed by atoms with Gasteiger partial charge in [0, 0.05) is 12.4 Å². The van der Waals surface area contributed by atoms with Crippen LogP contribution >= 0.6 is 0 Å². The van der Waals surface area contributed by atoms with E-state index in [1.807, 2.05) is 0 Å². The van der Waals surface area contributed by atoms with E-state index in [1.54, 1.807) is 29.3 Å². The number of nitrogens with one attached hydrogen (secondary N) is 1. The molecule has 0 radical (unpaired) electrons. The summed E-state index contributed by atoms with van der Waals surface area (Å²) in [4.78, 5) is 19.6. The Labute approximate surface area is 106 Å². The summed E-state index contributed by atoms with van der Waals surface area (Å²) in [5, 5.41) is 4.24. The third-order valence-corrected chi connectivity index (χ3v) is 2.90. The van der Waals surface area contributed by atoms with Gasteiger partial charge in [-0.15, -0.1) is 0 Å². The number of nitrogen functional groups attached to an aromatic ring is 1. The van der Waals surface area contributed by atoms with Crippen LogP contribution in [0.25, 0.3) is 28.1 Å². The largest absolute Gasteiger partial charge is 0.382 e. The minimum absolute atomic E-state index is 0.373. The van der Waals surface area contributed by atoms with Crippen molar-refractivity contribution in [3.8, 4) is 11.4 Å². The summed E-state index contributed by atoms with van der Waals surface area (Å²) in [6, 6.07) is 0. The van der Waals surface area contributed by atoms with Gasteiger partial charge >= 0.3 is 0 Å². The quantitative estimate of drug-likeness (QED) is 0.514. The second-order valence-corrected chi connectivity index (χ2v) is 4.01. The van der Waals surface area contributed by atoms with E-state index in [1.165, 1.54) is 6.33 Å². The second kappa shape index (κ2) is 3.48. The van der Waals surface area contributed by atoms with Crippen LogP contribution in [-0.4, -0.2) is 34.5 Å². The van der Waals surface area contributed by atoms with E-state index in [0.29, 0.717) is 22.8 Å². The van der Waals surface area contributed by atoms with Crippen LogP contribution < -0.4 is 5.73 Å². The van der Waals surface area contributed by atoms with Gasteiger partial charge < -0.3 is 10.7 Å². The van der Waals surface area contributed by atoms with Crippen LogP contribution in [0.5, 0.6) is 0 Å². The zero-order valence-corrected chi connectivity index (χ0v) is 9.65. The summed E-state index contributed by atoms with van der Waals surface area (Å²) in [5.41, 5.74) is 8.63. The average Bonchev–Trinajstić information content (AvgIpc) is 3.02. The van der Waals surface area contributed by atoms with Gasteiger partial charge in [0.2, 0.25) is 0 Å². The van der Waals surface area contributed by atoms with Crippen molar-refractivity contribution in [2.24, 2.45) is 0 Å². The van der Waals surface area contributed by atoms with Crippen molar-refractivity contribution in [2.75, 3.05) is 5.73 Å². The van der Waals surface area contributed by atoms with Crippen molar-refractivity contribution in [2.45, 2.75) is 0 Å². The van der Waals surface area contributed by atoms with Crippen molar-refractivity contribution >= 4 is 22.5 Å². The lowest BCUT2D eigenvalue weighted by atomic mass is 10.3. The molecule has 0 aliphatic heterocycles. The van der Waals surface area contributed by atoms with Gasteiger partial charge in [0.15, 0.2) is 11.5 Å². The molecular weight excluding hydrogens is 244 g/mol. The molecule has 0 bridgehead atoms. The predicted octanol–water partition coefficient (Wildman–Crippen LogP) is 0.645. The Balaban J connectivity index is 2.02. The molecule has 0 aromatic carbocycles. The number of aromatic nitrogens is 7. The van der Waals surface area contributed by atoms with Crippen LogP contribution in [0, 0.1) is 0 Å². The fourth-order valence-electron chi connectivity index (χ4n) is 1.99. The monoisotopic (exact) mass is 252 g/mol. The number of imidazole rings is 1. The zero-order valence-electron chi connectivity index (χ0n) is 9.65. The number of nitrogens with zero attached hydrogens (tertiary/aromatic N) is 6. The van der Waals surface area contributed by atoms with Gasteiger partial charge in [-0.2, -0.15) is 5.10 Å². The average molecular weight is 252 g/mol. The number of hydrogen-bond acceptors (Lipinski definition) is 6. The first-order valence-corrected chi connectivity index (χ1v) is 5.57. The molecule has 0 saturated heterocycles. The van der Waals surface area contributed by atoms with E-state index < -0.39 is 0 Å². The van der Waals surface area contributed by atoms with E-state index >= 15 is 0 Å². The summed E-state index contributed by atoms with van der Waals surface area (Å²) in [5.74, 6) is 1.02. The molecule has 0 aliphatic carbocycles. The smallest absolute Gasteiger partial charge is 0.183 e. The maximum atomic E-state index is 5.78. The molecule has 92 valence electrons. The lowest BCUT2D eigenvalue weighted by Gasteiger charge is -1.93. The Bertz CT molecular complexity index is 890. The van der Waals surface area contributed by atoms with Crippen LogP contribution in [0.1, 0.15) is 0 Å². The highest BCUT2D eigenvalue weighted by atomic mass is 15.2. The van der Waals surface area contributed by atoms with Crippen LogP contribution in [0.15, 0.2) is 31.1 Å². The topological polar surface area (TPSA) is 111 Å². The summed E-state index contributed by atoms with van der Waals surface area (Å²) < 4.78 is 1.73. The molecule has 3 N–H and O–H groups in total. The molecule has 0 saturated carbocycles. The Hall–Kier alpha value is -3.03. The highest BCUT2D eigenvalue weighted by Crippen LogP contribution is 2.24. The van der Waals surface area contributed by atoms with Crippen LogP contribution in [-0.2, 0) is 0 Å². The first kappa shape index (κ1) is 9.95. The molecule has 8 nitrogen and oxygen atoms in total. The van der Waals surface area contributed by atoms with E-state index in [0.717, 1.165) is 11.1 Å². The minimum Gasteiger partial charge on any atom is -0.382 e. The number of fused-ring (bicyclic) bond motifs is 2. The molecule has 0 fully saturated rings. The Morgan fingerprint density at radius 1 is 1.21 bits per heavy atom. The Kier molecular flexibility index (Phi) is 1.82. The van der Waals surface area contributed by atoms with Crippen LogP contribution in [0.3, 0.4) is 0 Å². The standard InChI is InChI=1S/C11H8N8/c12-9-8-11(15-5-14-9)18-10(17-8)6-3-16-19-2-1-13-4-7(6)19/h1-5H,(H3,12,14,15,17,18). The highest BCUT2D eigenvalue weighted by molar-refractivity contribution is 5.86. The van der Waals surface area contributed by atoms with Gasteiger partial charge in [0.25, 0.3) is 0 Å². The molecule has 0 spiro atoms. The van der Waals surface area contributed by atoms with Gasteiger partial charge in [0.1, 0.15) is 17.7 Å². The molecule has 0 unspecified atom stereocenters. The number of aromatic amines is 1. The molecule has 4 aromatic rings. The molecular formula is C11H8N8. The number of nitrogens with two attached hydrogens (primary N) is 1. The summed E-state index contributed by atoms with van der Waals surface area (Å²) in [6.07, 6.45) is 8.28. The predicted molar refractivity (Wildman–Crippen MR) is 68.1 cm³/mol. The van der Waals surface area contributed by atoms with E-state index in [-0.39, 0.29) is 0 Å². The van der Waals surface area contributed by atoms with Crippen molar-refractivity contribution < 1.29 is 0 Å². The lowest BCUT2D eigenvalue weighted by molar-refractivity contribution is 0.946. The minimum atomic E-state index is 0.373. The highest BCUT2D eigenvalue weighted by Gasteiger charge is 2.13. The first-order valence-electron chi connectivity index (χ1n) is 5.57. The molecule has 8 heteroatoms. The fourth-order valence-corrected chi connectivity index (χ4v) is 1.99. The normalized spacial score (nSPS) is 11.4. The first-order chi connectivity index (χ1) is 9.33. The maximum absolute atomic E-state index is 5.78. The third kappa shape index (κ3) is 1.36. The van der Waals surface area contributed by atoms with Gasteiger partial charge in [-0.05, 0) is 0 Å². The van der Waals surface area contributed by atoms with Crippen LogP contribution in [0.2, 0.25) is 0 Å². The Morgan fingerprint density at radius 2 is 2.16 bits per heavy atom. The van der Waals surface area contributed by atoms with Gasteiger partial charge in [-0.1, -0.05) is 0 Å². The van der Waals surface area contributed by atoms with Crippen LogP contribution in [0.4, 0.5) is 5.82 Å². The Morgan fingerprint density at radius 3 is 3.05 bits per heavy atom. The number of rotatable bonds is 1. The van der Waals surface area contributed by atoms with Crippen molar-refractivity contribution in [1.82, 2.24) is 34.5 Å². The fraction of sp³-hybridized carbons (Fsp3) is 0. The van der Waals surface area contributed by atoms with Crippen molar-refractivity contribution in [3.63, 3.8) is 0 Å². The lowest BCUT2D eigenvalue weighted by Crippen LogP contribution is -1.91. The summed E-state index contributed by atoms with van der Waals surface area (Å²) >= 11 is 0. The molecule has 0 amide bonds. The molecule has 4 aromatic heterocycles. The number of hydrogen-bond donors (Lipinski definition) is 2.